The number of thiazole rings is 1. The van der Waals surface area contributed by atoms with E-state index < -0.39 is 11.9 Å². The van der Waals surface area contributed by atoms with E-state index in [0.717, 1.165) is 10.7 Å². The van der Waals surface area contributed by atoms with Crippen LogP contribution in [0.1, 0.15) is 35.1 Å². The molecule has 2 N–H and O–H groups in total. The highest BCUT2D eigenvalue weighted by molar-refractivity contribution is 7.09. The Labute approximate surface area is 132 Å². The largest absolute Gasteiger partial charge is 0.459 e. The predicted octanol–water partition coefficient (Wildman–Crippen LogP) is 2.12. The molecule has 2 aromatic rings. The number of rotatable bonds is 6. The molecule has 0 fully saturated rings. The van der Waals surface area contributed by atoms with Gasteiger partial charge < -0.3 is 15.1 Å². The van der Waals surface area contributed by atoms with Gasteiger partial charge in [0.2, 0.25) is 5.91 Å². The van der Waals surface area contributed by atoms with Crippen molar-refractivity contribution in [3.63, 3.8) is 0 Å². The molecular weight excluding hydrogens is 302 g/mol. The van der Waals surface area contributed by atoms with Crippen molar-refractivity contribution < 1.29 is 14.0 Å². The number of carbonyl (C=O) groups is 2. The van der Waals surface area contributed by atoms with Gasteiger partial charge in [0.25, 0.3) is 5.91 Å². The van der Waals surface area contributed by atoms with Crippen molar-refractivity contribution in [3.8, 4) is 0 Å². The number of nitrogens with one attached hydrogen (secondary N) is 2. The lowest BCUT2D eigenvalue weighted by Crippen LogP contribution is -2.49. The Morgan fingerprint density at radius 3 is 2.73 bits per heavy atom. The van der Waals surface area contributed by atoms with Gasteiger partial charge in [-0.2, -0.15) is 0 Å². The average Bonchev–Trinajstić information content (AvgIpc) is 3.13. The van der Waals surface area contributed by atoms with Crippen molar-refractivity contribution in [1.82, 2.24) is 15.6 Å². The van der Waals surface area contributed by atoms with E-state index in [1.165, 1.54) is 17.6 Å². The highest BCUT2D eigenvalue weighted by Gasteiger charge is 2.25. The van der Waals surface area contributed by atoms with E-state index in [-0.39, 0.29) is 17.6 Å². The minimum absolute atomic E-state index is 0.0453. The van der Waals surface area contributed by atoms with Crippen molar-refractivity contribution in [2.24, 2.45) is 5.92 Å². The lowest BCUT2D eigenvalue weighted by atomic mass is 10.0. The monoisotopic (exact) mass is 321 g/mol. The van der Waals surface area contributed by atoms with Crippen molar-refractivity contribution in [2.75, 3.05) is 0 Å². The molecule has 0 spiro atoms. The molecule has 0 bridgehead atoms. The first-order valence-electron chi connectivity index (χ1n) is 7.00. The summed E-state index contributed by atoms with van der Waals surface area (Å²) < 4.78 is 5.04. The van der Waals surface area contributed by atoms with Gasteiger partial charge in [0, 0.05) is 5.38 Å². The lowest BCUT2D eigenvalue weighted by molar-refractivity contribution is -0.124. The van der Waals surface area contributed by atoms with Gasteiger partial charge in [-0.25, -0.2) is 4.98 Å². The smallest absolute Gasteiger partial charge is 0.287 e. The number of aromatic nitrogens is 1. The predicted molar refractivity (Wildman–Crippen MR) is 83.5 cm³/mol. The van der Waals surface area contributed by atoms with Crippen LogP contribution < -0.4 is 10.6 Å². The first kappa shape index (κ1) is 16.2. The number of nitrogens with zero attached hydrogens (tertiary/aromatic N) is 1. The fourth-order valence-electron chi connectivity index (χ4n) is 1.93. The van der Waals surface area contributed by atoms with Crippen LogP contribution in [0.4, 0.5) is 0 Å². The molecular formula is C15H19N3O3S. The zero-order valence-corrected chi connectivity index (χ0v) is 13.6. The molecule has 2 aromatic heterocycles. The zero-order chi connectivity index (χ0) is 16.1. The average molecular weight is 321 g/mol. The highest BCUT2D eigenvalue weighted by Crippen LogP contribution is 2.09. The summed E-state index contributed by atoms with van der Waals surface area (Å²) in [6, 6.07) is 2.56. The summed E-state index contributed by atoms with van der Waals surface area (Å²) in [7, 11) is 0. The molecule has 2 heterocycles. The second kappa shape index (κ2) is 7.22. The second-order valence-corrected chi connectivity index (χ2v) is 6.31. The lowest BCUT2D eigenvalue weighted by Gasteiger charge is -2.21. The molecule has 0 aliphatic heterocycles. The molecule has 0 aromatic carbocycles. The van der Waals surface area contributed by atoms with Crippen LogP contribution in [-0.2, 0) is 11.3 Å². The van der Waals surface area contributed by atoms with Crippen molar-refractivity contribution in [1.29, 1.82) is 0 Å². The summed E-state index contributed by atoms with van der Waals surface area (Å²) in [5.74, 6) is -0.492. The molecule has 0 aliphatic rings. The van der Waals surface area contributed by atoms with Crippen LogP contribution in [0.15, 0.2) is 28.2 Å². The maximum atomic E-state index is 12.3. The van der Waals surface area contributed by atoms with Gasteiger partial charge >= 0.3 is 0 Å². The highest BCUT2D eigenvalue weighted by atomic mass is 32.1. The van der Waals surface area contributed by atoms with E-state index in [1.807, 2.05) is 26.2 Å². The Bertz CT molecular complexity index is 634. The summed E-state index contributed by atoms with van der Waals surface area (Å²) >= 11 is 1.54. The SMILES string of the molecule is Cc1nc(CNC(=O)C(NC(=O)c2ccco2)C(C)C)cs1. The van der Waals surface area contributed by atoms with Gasteiger partial charge in [0.05, 0.1) is 23.5 Å². The maximum Gasteiger partial charge on any atom is 0.287 e. The maximum absolute atomic E-state index is 12.3. The summed E-state index contributed by atoms with van der Waals surface area (Å²) in [6.45, 7) is 6.01. The molecule has 1 unspecified atom stereocenters. The fourth-order valence-corrected chi connectivity index (χ4v) is 2.54. The third kappa shape index (κ3) is 4.17. The summed E-state index contributed by atoms with van der Waals surface area (Å²) in [4.78, 5) is 28.6. The van der Waals surface area contributed by atoms with E-state index >= 15 is 0 Å². The molecule has 6 nitrogen and oxygen atoms in total. The molecule has 0 saturated carbocycles. The van der Waals surface area contributed by atoms with Crippen LogP contribution in [0, 0.1) is 12.8 Å². The Hall–Kier alpha value is -2.15. The Morgan fingerprint density at radius 2 is 2.18 bits per heavy atom. The van der Waals surface area contributed by atoms with Gasteiger partial charge in [0.1, 0.15) is 6.04 Å². The standard InChI is InChI=1S/C15H19N3O3S/c1-9(2)13(18-14(19)12-5-4-6-21-12)15(20)16-7-11-8-22-10(3)17-11/h4-6,8-9,13H,7H2,1-3H3,(H,16,20)(H,18,19). The number of hydrogen-bond acceptors (Lipinski definition) is 5. The van der Waals surface area contributed by atoms with E-state index in [2.05, 4.69) is 15.6 Å². The zero-order valence-electron chi connectivity index (χ0n) is 12.8. The van der Waals surface area contributed by atoms with Crippen LogP contribution >= 0.6 is 11.3 Å². The number of furan rings is 1. The third-order valence-electron chi connectivity index (χ3n) is 3.09. The van der Waals surface area contributed by atoms with Gasteiger partial charge in [0.15, 0.2) is 5.76 Å². The number of hydrogen-bond donors (Lipinski definition) is 2. The van der Waals surface area contributed by atoms with Crippen molar-refractivity contribution in [2.45, 2.75) is 33.4 Å². The van der Waals surface area contributed by atoms with Gasteiger partial charge in [-0.15, -0.1) is 11.3 Å². The van der Waals surface area contributed by atoms with Crippen LogP contribution in [0.3, 0.4) is 0 Å². The minimum Gasteiger partial charge on any atom is -0.459 e. The number of amides is 2. The topological polar surface area (TPSA) is 84.2 Å². The van der Waals surface area contributed by atoms with E-state index in [9.17, 15) is 9.59 Å². The van der Waals surface area contributed by atoms with E-state index in [4.69, 9.17) is 4.42 Å². The number of carbonyl (C=O) groups excluding carboxylic acids is 2. The number of aryl methyl sites for hydroxylation is 1. The molecule has 0 radical (unpaired) electrons. The van der Waals surface area contributed by atoms with E-state index in [0.29, 0.717) is 6.54 Å². The normalized spacial score (nSPS) is 12.2. The van der Waals surface area contributed by atoms with Crippen LogP contribution in [0.5, 0.6) is 0 Å². The summed E-state index contributed by atoms with van der Waals surface area (Å²) in [5.41, 5.74) is 0.815. The molecule has 0 aliphatic carbocycles. The Balaban J connectivity index is 1.95. The summed E-state index contributed by atoms with van der Waals surface area (Å²) in [5, 5.41) is 8.36. The second-order valence-electron chi connectivity index (χ2n) is 5.25. The van der Waals surface area contributed by atoms with Crippen molar-refractivity contribution in [3.05, 3.63) is 40.2 Å². The fraction of sp³-hybridized carbons (Fsp3) is 0.400. The Kier molecular flexibility index (Phi) is 5.32. The Morgan fingerprint density at radius 1 is 1.41 bits per heavy atom. The van der Waals surface area contributed by atoms with Crippen LogP contribution in [0.25, 0.3) is 0 Å². The molecule has 22 heavy (non-hydrogen) atoms. The molecule has 118 valence electrons. The van der Waals surface area contributed by atoms with Gasteiger partial charge in [-0.05, 0) is 25.0 Å². The molecule has 2 amide bonds. The molecule has 2 rings (SSSR count). The third-order valence-corrected chi connectivity index (χ3v) is 3.91. The first-order valence-corrected chi connectivity index (χ1v) is 7.88. The molecule has 1 atom stereocenters. The summed E-state index contributed by atoms with van der Waals surface area (Å²) in [6.07, 6.45) is 1.42. The van der Waals surface area contributed by atoms with Gasteiger partial charge in [-0.3, -0.25) is 9.59 Å². The van der Waals surface area contributed by atoms with Gasteiger partial charge in [-0.1, -0.05) is 13.8 Å². The quantitative estimate of drug-likeness (QED) is 0.853. The van der Waals surface area contributed by atoms with Crippen LogP contribution in [-0.4, -0.2) is 22.8 Å². The van der Waals surface area contributed by atoms with Crippen molar-refractivity contribution >= 4 is 23.2 Å². The van der Waals surface area contributed by atoms with Crippen LogP contribution in [0.2, 0.25) is 0 Å². The van der Waals surface area contributed by atoms with E-state index in [1.54, 1.807) is 12.1 Å². The minimum atomic E-state index is -0.627. The molecule has 0 saturated heterocycles. The molecule has 7 heteroatoms. The first-order chi connectivity index (χ1) is 10.5.